The monoisotopic (exact) mass is 482 g/mol. The molecule has 4 aromatic rings. The van der Waals surface area contributed by atoms with Crippen molar-refractivity contribution in [1.29, 1.82) is 0 Å². The minimum Gasteiger partial charge on any atom is -0.490 e. The van der Waals surface area contributed by atoms with E-state index >= 15 is 0 Å². The number of amides is 1. The Morgan fingerprint density at radius 1 is 1.00 bits per heavy atom. The standard InChI is InChI=1S/C30H30N2O4/c1-4-19-35-22-14-11-21(12-15-22)26-25-27(33)24-16-13-20-9-7-8-10-23(20)28(24)36-29(25)30(34)32(26)18-17-31(5-2)6-3/h4,7-16,26H,1,5-6,17-19H2,2-3H3. The number of likely N-dealkylation sites (N-methyl/N-ethyl adjacent to an activating group) is 1. The topological polar surface area (TPSA) is 63.0 Å². The van der Waals surface area contributed by atoms with Crippen LogP contribution in [0.4, 0.5) is 0 Å². The lowest BCUT2D eigenvalue weighted by molar-refractivity contribution is 0.0708. The smallest absolute Gasteiger partial charge is 0.290 e. The van der Waals surface area contributed by atoms with Gasteiger partial charge in [-0.2, -0.15) is 0 Å². The highest BCUT2D eigenvalue weighted by Crippen LogP contribution is 2.39. The third-order valence-corrected chi connectivity index (χ3v) is 6.97. The zero-order valence-electron chi connectivity index (χ0n) is 20.7. The van der Waals surface area contributed by atoms with Gasteiger partial charge in [0.2, 0.25) is 5.76 Å². The summed E-state index contributed by atoms with van der Waals surface area (Å²) < 4.78 is 11.9. The van der Waals surface area contributed by atoms with Crippen molar-refractivity contribution >= 4 is 27.6 Å². The fourth-order valence-electron chi connectivity index (χ4n) is 5.02. The Labute approximate surface area is 210 Å². The van der Waals surface area contributed by atoms with Crippen LogP contribution in [-0.2, 0) is 0 Å². The van der Waals surface area contributed by atoms with Crippen molar-refractivity contribution in [1.82, 2.24) is 9.80 Å². The normalized spacial score (nSPS) is 15.1. The molecule has 0 saturated heterocycles. The van der Waals surface area contributed by atoms with Gasteiger partial charge in [-0.25, -0.2) is 0 Å². The van der Waals surface area contributed by atoms with E-state index in [0.717, 1.165) is 29.4 Å². The van der Waals surface area contributed by atoms with Crippen LogP contribution in [0.2, 0.25) is 0 Å². The fraction of sp³-hybridized carbons (Fsp3) is 0.267. The molecule has 0 N–H and O–H groups in total. The molecule has 0 saturated carbocycles. The van der Waals surface area contributed by atoms with Crippen LogP contribution >= 0.6 is 0 Å². The molecule has 1 unspecified atom stereocenters. The first-order valence-electron chi connectivity index (χ1n) is 12.4. The Bertz CT molecular complexity index is 1490. The van der Waals surface area contributed by atoms with Gasteiger partial charge in [-0.3, -0.25) is 9.59 Å². The number of fused-ring (bicyclic) bond motifs is 4. The molecule has 2 heterocycles. The molecule has 6 nitrogen and oxygen atoms in total. The van der Waals surface area contributed by atoms with Gasteiger partial charge < -0.3 is 19.0 Å². The van der Waals surface area contributed by atoms with Gasteiger partial charge in [0.05, 0.1) is 17.0 Å². The summed E-state index contributed by atoms with van der Waals surface area (Å²) in [4.78, 5) is 31.7. The van der Waals surface area contributed by atoms with E-state index in [-0.39, 0.29) is 17.1 Å². The van der Waals surface area contributed by atoms with E-state index in [0.29, 0.717) is 42.0 Å². The number of ether oxygens (including phenoxy) is 1. The predicted octanol–water partition coefficient (Wildman–Crippen LogP) is 5.40. The molecule has 1 aliphatic heterocycles. The maximum atomic E-state index is 13.9. The highest BCUT2D eigenvalue weighted by Gasteiger charge is 2.42. The number of hydrogen-bond donors (Lipinski definition) is 0. The molecule has 36 heavy (non-hydrogen) atoms. The Morgan fingerprint density at radius 3 is 2.47 bits per heavy atom. The molecule has 0 spiro atoms. The van der Waals surface area contributed by atoms with Gasteiger partial charge in [-0.05, 0) is 42.2 Å². The van der Waals surface area contributed by atoms with Gasteiger partial charge in [-0.1, -0.05) is 69.0 Å². The molecule has 3 aromatic carbocycles. The molecule has 0 bridgehead atoms. The second kappa shape index (κ2) is 9.99. The zero-order chi connectivity index (χ0) is 25.2. The SMILES string of the molecule is C=CCOc1ccc(C2c3c(oc4c(ccc5ccccc54)c3=O)C(=O)N2CCN(CC)CC)cc1. The Balaban J connectivity index is 1.66. The number of rotatable bonds is 9. The molecule has 1 aromatic heterocycles. The van der Waals surface area contributed by atoms with Crippen molar-refractivity contribution in [3.8, 4) is 5.75 Å². The highest BCUT2D eigenvalue weighted by atomic mass is 16.5. The molecular formula is C30H30N2O4. The minimum atomic E-state index is -0.524. The quantitative estimate of drug-likeness (QED) is 0.236. The summed E-state index contributed by atoms with van der Waals surface area (Å²) in [5.74, 6) is 0.594. The van der Waals surface area contributed by atoms with Gasteiger partial charge >= 0.3 is 0 Å². The molecular weight excluding hydrogens is 452 g/mol. The first kappa shape index (κ1) is 23.8. The van der Waals surface area contributed by atoms with Crippen molar-refractivity contribution in [3.05, 3.63) is 100 Å². The molecule has 5 rings (SSSR count). The summed E-state index contributed by atoms with van der Waals surface area (Å²) in [6.45, 7) is 11.3. The van der Waals surface area contributed by atoms with E-state index in [1.54, 1.807) is 17.0 Å². The van der Waals surface area contributed by atoms with Gasteiger partial charge in [0, 0.05) is 18.5 Å². The molecule has 1 atom stereocenters. The van der Waals surface area contributed by atoms with Crippen molar-refractivity contribution < 1.29 is 13.9 Å². The van der Waals surface area contributed by atoms with Gasteiger partial charge in [0.15, 0.2) is 5.43 Å². The molecule has 1 amide bonds. The van der Waals surface area contributed by atoms with Crippen LogP contribution in [-0.4, -0.2) is 48.5 Å². The minimum absolute atomic E-state index is 0.139. The largest absolute Gasteiger partial charge is 0.490 e. The summed E-state index contributed by atoms with van der Waals surface area (Å²) >= 11 is 0. The number of nitrogens with zero attached hydrogens (tertiary/aromatic N) is 2. The molecule has 0 radical (unpaired) electrons. The van der Waals surface area contributed by atoms with Crippen LogP contribution in [0.15, 0.2) is 82.5 Å². The second-order valence-corrected chi connectivity index (χ2v) is 8.93. The third kappa shape index (κ3) is 4.07. The lowest BCUT2D eigenvalue weighted by Gasteiger charge is -2.28. The van der Waals surface area contributed by atoms with Crippen molar-refractivity contribution in [2.75, 3.05) is 32.8 Å². The Kier molecular flexibility index (Phi) is 6.61. The lowest BCUT2D eigenvalue weighted by Crippen LogP contribution is -2.37. The summed E-state index contributed by atoms with van der Waals surface area (Å²) in [7, 11) is 0. The average molecular weight is 483 g/mol. The van der Waals surface area contributed by atoms with Gasteiger partial charge in [-0.15, -0.1) is 0 Å². The predicted molar refractivity (Wildman–Crippen MR) is 143 cm³/mol. The van der Waals surface area contributed by atoms with Crippen LogP contribution in [0.25, 0.3) is 21.7 Å². The van der Waals surface area contributed by atoms with E-state index < -0.39 is 6.04 Å². The maximum absolute atomic E-state index is 13.9. The van der Waals surface area contributed by atoms with E-state index in [2.05, 4.69) is 25.3 Å². The highest BCUT2D eigenvalue weighted by molar-refractivity contribution is 6.06. The van der Waals surface area contributed by atoms with Crippen molar-refractivity contribution in [2.45, 2.75) is 19.9 Å². The fourth-order valence-corrected chi connectivity index (χ4v) is 5.02. The molecule has 1 aliphatic rings. The summed E-state index contributed by atoms with van der Waals surface area (Å²) in [6, 6.07) is 18.5. The van der Waals surface area contributed by atoms with Crippen molar-refractivity contribution in [2.24, 2.45) is 0 Å². The number of hydrogen-bond acceptors (Lipinski definition) is 5. The maximum Gasteiger partial charge on any atom is 0.290 e. The summed E-state index contributed by atoms with van der Waals surface area (Å²) in [5.41, 5.74) is 1.55. The van der Waals surface area contributed by atoms with Gasteiger partial charge in [0.1, 0.15) is 17.9 Å². The molecule has 0 fully saturated rings. The molecule has 0 aliphatic carbocycles. The average Bonchev–Trinajstić information content (AvgIpc) is 3.20. The summed E-state index contributed by atoms with van der Waals surface area (Å²) in [5, 5.41) is 2.27. The lowest BCUT2D eigenvalue weighted by atomic mass is 9.97. The number of carbonyl (C=O) groups is 1. The van der Waals surface area contributed by atoms with Crippen LogP contribution in [0, 0.1) is 0 Å². The first-order valence-corrected chi connectivity index (χ1v) is 12.4. The van der Waals surface area contributed by atoms with Crippen LogP contribution in [0.1, 0.15) is 41.6 Å². The van der Waals surface area contributed by atoms with Crippen LogP contribution < -0.4 is 10.2 Å². The van der Waals surface area contributed by atoms with Crippen LogP contribution in [0.5, 0.6) is 5.75 Å². The number of carbonyl (C=O) groups excluding carboxylic acids is 1. The number of benzene rings is 3. The Hall–Kier alpha value is -3.90. The van der Waals surface area contributed by atoms with Gasteiger partial charge in [0.25, 0.3) is 5.91 Å². The van der Waals surface area contributed by atoms with E-state index in [1.165, 1.54) is 0 Å². The molecule has 6 heteroatoms. The second-order valence-electron chi connectivity index (χ2n) is 8.93. The summed E-state index contributed by atoms with van der Waals surface area (Å²) in [6.07, 6.45) is 1.69. The third-order valence-electron chi connectivity index (χ3n) is 6.97. The van der Waals surface area contributed by atoms with Crippen molar-refractivity contribution in [3.63, 3.8) is 0 Å². The zero-order valence-corrected chi connectivity index (χ0v) is 20.7. The first-order chi connectivity index (χ1) is 17.6. The molecule has 184 valence electrons. The van der Waals surface area contributed by atoms with Crippen LogP contribution in [0.3, 0.4) is 0 Å². The van der Waals surface area contributed by atoms with E-state index in [9.17, 15) is 9.59 Å². The Morgan fingerprint density at radius 2 is 1.75 bits per heavy atom. The van der Waals surface area contributed by atoms with E-state index in [1.807, 2.05) is 54.6 Å². The van der Waals surface area contributed by atoms with E-state index in [4.69, 9.17) is 9.15 Å².